The molecule has 1 unspecified atom stereocenters. The lowest BCUT2D eigenvalue weighted by Gasteiger charge is -2.26. The summed E-state index contributed by atoms with van der Waals surface area (Å²) in [6, 6.07) is 0. The summed E-state index contributed by atoms with van der Waals surface area (Å²) in [5.41, 5.74) is 0.474. The summed E-state index contributed by atoms with van der Waals surface area (Å²) in [4.78, 5) is 0. The molecular formula is C17H34O2. The van der Waals surface area contributed by atoms with Crippen LogP contribution in [0.25, 0.3) is 0 Å². The maximum Gasteiger partial charge on any atom is 0.0679 e. The Kier molecular flexibility index (Phi) is 10.3. The van der Waals surface area contributed by atoms with Crippen molar-refractivity contribution in [3.05, 3.63) is 12.2 Å². The van der Waals surface area contributed by atoms with Gasteiger partial charge in [-0.3, -0.25) is 0 Å². The molecule has 19 heavy (non-hydrogen) atoms. The van der Waals surface area contributed by atoms with Crippen LogP contribution in [0.4, 0.5) is 0 Å². The summed E-state index contributed by atoms with van der Waals surface area (Å²) in [6.07, 6.45) is 9.36. The van der Waals surface area contributed by atoms with Crippen molar-refractivity contribution in [2.75, 3.05) is 0 Å². The smallest absolute Gasteiger partial charge is 0.0679 e. The predicted molar refractivity (Wildman–Crippen MR) is 83.3 cm³/mol. The monoisotopic (exact) mass is 270 g/mol. The average molecular weight is 270 g/mol. The van der Waals surface area contributed by atoms with Crippen LogP contribution in [0.5, 0.6) is 0 Å². The van der Waals surface area contributed by atoms with E-state index in [0.717, 1.165) is 44.1 Å². The predicted octanol–water partition coefficient (Wildman–Crippen LogP) is 4.60. The van der Waals surface area contributed by atoms with Gasteiger partial charge in [0.25, 0.3) is 0 Å². The quantitative estimate of drug-likeness (QED) is 0.402. The maximum absolute atomic E-state index is 10.2. The number of aliphatic hydroxyl groups is 2. The van der Waals surface area contributed by atoms with Crippen LogP contribution in [0.1, 0.15) is 85.0 Å². The normalized spacial score (nSPS) is 13.5. The number of rotatable bonds is 12. The van der Waals surface area contributed by atoms with E-state index in [1.165, 1.54) is 19.3 Å². The van der Waals surface area contributed by atoms with E-state index >= 15 is 0 Å². The largest absolute Gasteiger partial charge is 0.393 e. The summed E-state index contributed by atoms with van der Waals surface area (Å²) in [5.74, 6) is 0. The number of aliphatic hydroxyl groups excluding tert-OH is 1. The molecule has 0 amide bonds. The van der Waals surface area contributed by atoms with Crippen LogP contribution in [0.3, 0.4) is 0 Å². The summed E-state index contributed by atoms with van der Waals surface area (Å²) in [7, 11) is 0. The molecule has 0 aromatic rings. The van der Waals surface area contributed by atoms with Crippen LogP contribution in [-0.2, 0) is 0 Å². The molecule has 0 saturated heterocycles. The van der Waals surface area contributed by atoms with Gasteiger partial charge in [0.15, 0.2) is 0 Å². The first kappa shape index (κ1) is 18.7. The highest BCUT2D eigenvalue weighted by Crippen LogP contribution is 2.26. The third-order valence-corrected chi connectivity index (χ3v) is 4.12. The first-order chi connectivity index (χ1) is 8.97. The highest BCUT2D eigenvalue weighted by Gasteiger charge is 2.22. The Hall–Kier alpha value is -0.340. The zero-order valence-corrected chi connectivity index (χ0v) is 13.2. The van der Waals surface area contributed by atoms with Gasteiger partial charge in [-0.1, -0.05) is 58.6 Å². The fourth-order valence-corrected chi connectivity index (χ4v) is 2.38. The average Bonchev–Trinajstić information content (AvgIpc) is 2.41. The SMILES string of the molecule is C=C(CCC(O)CCCCCC)CC(O)(CC)CC. The Bertz CT molecular complexity index is 231. The van der Waals surface area contributed by atoms with Gasteiger partial charge in [-0.05, 0) is 38.5 Å². The van der Waals surface area contributed by atoms with Crippen molar-refractivity contribution < 1.29 is 10.2 Å². The van der Waals surface area contributed by atoms with Crippen molar-refractivity contribution in [3.8, 4) is 0 Å². The molecule has 0 aromatic heterocycles. The molecule has 114 valence electrons. The fourth-order valence-electron chi connectivity index (χ4n) is 2.38. The minimum absolute atomic E-state index is 0.204. The standard InChI is InChI=1S/C17H34O2/c1-5-8-9-10-11-16(18)13-12-15(4)14-17(19,6-2)7-3/h16,18-19H,4-14H2,1-3H3. The van der Waals surface area contributed by atoms with Gasteiger partial charge < -0.3 is 10.2 Å². The molecule has 0 aliphatic heterocycles. The van der Waals surface area contributed by atoms with Gasteiger partial charge in [0.05, 0.1) is 11.7 Å². The molecule has 1 atom stereocenters. The maximum atomic E-state index is 10.2. The third-order valence-electron chi connectivity index (χ3n) is 4.12. The second-order valence-electron chi connectivity index (χ2n) is 5.90. The van der Waals surface area contributed by atoms with Crippen molar-refractivity contribution in [2.45, 2.75) is 96.7 Å². The van der Waals surface area contributed by atoms with E-state index in [9.17, 15) is 10.2 Å². The van der Waals surface area contributed by atoms with E-state index in [4.69, 9.17) is 0 Å². The van der Waals surface area contributed by atoms with Crippen molar-refractivity contribution in [1.82, 2.24) is 0 Å². The van der Waals surface area contributed by atoms with Crippen LogP contribution < -0.4 is 0 Å². The molecule has 0 rings (SSSR count). The molecule has 0 saturated carbocycles. The van der Waals surface area contributed by atoms with Gasteiger partial charge in [-0.2, -0.15) is 0 Å². The minimum Gasteiger partial charge on any atom is -0.393 e. The Morgan fingerprint density at radius 2 is 1.68 bits per heavy atom. The van der Waals surface area contributed by atoms with Crippen LogP contribution in [0.15, 0.2) is 12.2 Å². The van der Waals surface area contributed by atoms with Gasteiger partial charge in [0.1, 0.15) is 0 Å². The van der Waals surface area contributed by atoms with Gasteiger partial charge in [-0.25, -0.2) is 0 Å². The van der Waals surface area contributed by atoms with Crippen molar-refractivity contribution in [1.29, 1.82) is 0 Å². The zero-order valence-electron chi connectivity index (χ0n) is 13.2. The second kappa shape index (κ2) is 10.4. The first-order valence-electron chi connectivity index (χ1n) is 8.04. The van der Waals surface area contributed by atoms with Crippen molar-refractivity contribution in [2.24, 2.45) is 0 Å². The molecular weight excluding hydrogens is 236 g/mol. The highest BCUT2D eigenvalue weighted by molar-refractivity contribution is 5.01. The molecule has 0 radical (unpaired) electrons. The first-order valence-corrected chi connectivity index (χ1v) is 8.04. The van der Waals surface area contributed by atoms with E-state index in [1.54, 1.807) is 0 Å². The lowest BCUT2D eigenvalue weighted by Crippen LogP contribution is -2.27. The molecule has 0 spiro atoms. The Labute approximate surface area is 119 Å². The topological polar surface area (TPSA) is 40.5 Å². The summed E-state index contributed by atoms with van der Waals surface area (Å²) < 4.78 is 0. The van der Waals surface area contributed by atoms with E-state index in [2.05, 4.69) is 13.5 Å². The van der Waals surface area contributed by atoms with Gasteiger partial charge in [0.2, 0.25) is 0 Å². The number of hydrogen-bond acceptors (Lipinski definition) is 2. The van der Waals surface area contributed by atoms with Crippen molar-refractivity contribution in [3.63, 3.8) is 0 Å². The van der Waals surface area contributed by atoms with E-state index < -0.39 is 5.60 Å². The van der Waals surface area contributed by atoms with Crippen molar-refractivity contribution >= 4 is 0 Å². The molecule has 0 aliphatic carbocycles. The summed E-state index contributed by atoms with van der Waals surface area (Å²) in [5, 5.41) is 20.1. The van der Waals surface area contributed by atoms with Gasteiger partial charge in [-0.15, -0.1) is 0 Å². The van der Waals surface area contributed by atoms with E-state index in [0.29, 0.717) is 6.42 Å². The zero-order chi connectivity index (χ0) is 14.7. The fraction of sp³-hybridized carbons (Fsp3) is 0.882. The van der Waals surface area contributed by atoms with Crippen LogP contribution >= 0.6 is 0 Å². The lowest BCUT2D eigenvalue weighted by molar-refractivity contribution is 0.0314. The van der Waals surface area contributed by atoms with E-state index in [1.807, 2.05) is 13.8 Å². The Morgan fingerprint density at radius 1 is 1.05 bits per heavy atom. The Balaban J connectivity index is 3.77. The second-order valence-corrected chi connectivity index (χ2v) is 5.90. The van der Waals surface area contributed by atoms with Crippen LogP contribution in [-0.4, -0.2) is 21.9 Å². The summed E-state index contributed by atoms with van der Waals surface area (Å²) >= 11 is 0. The molecule has 0 bridgehead atoms. The summed E-state index contributed by atoms with van der Waals surface area (Å²) in [6.45, 7) is 10.3. The van der Waals surface area contributed by atoms with Crippen LogP contribution in [0, 0.1) is 0 Å². The molecule has 0 fully saturated rings. The van der Waals surface area contributed by atoms with Gasteiger partial charge in [0, 0.05) is 0 Å². The molecule has 0 aromatic carbocycles. The van der Waals surface area contributed by atoms with Gasteiger partial charge >= 0.3 is 0 Å². The van der Waals surface area contributed by atoms with Crippen LogP contribution in [0.2, 0.25) is 0 Å². The highest BCUT2D eigenvalue weighted by atomic mass is 16.3. The lowest BCUT2D eigenvalue weighted by atomic mass is 9.88. The third kappa shape index (κ3) is 9.23. The molecule has 0 heterocycles. The number of hydrogen-bond donors (Lipinski definition) is 2. The molecule has 2 N–H and O–H groups in total. The minimum atomic E-state index is -0.594. The Morgan fingerprint density at radius 3 is 2.21 bits per heavy atom. The molecule has 2 nitrogen and oxygen atoms in total. The molecule has 2 heteroatoms. The van der Waals surface area contributed by atoms with E-state index in [-0.39, 0.29) is 6.10 Å². The number of unbranched alkanes of at least 4 members (excludes halogenated alkanes) is 3. The molecule has 0 aliphatic rings.